The molecule has 0 unspecified atom stereocenters. The van der Waals surface area contributed by atoms with E-state index in [1.165, 1.54) is 19.1 Å². The Morgan fingerprint density at radius 3 is 2.41 bits per heavy atom. The maximum absolute atomic E-state index is 13.9. The molecule has 0 saturated carbocycles. The number of rotatable bonds is 5. The van der Waals surface area contributed by atoms with Crippen molar-refractivity contribution < 1.29 is 35.9 Å². The number of thiophene rings is 1. The molecule has 2 amide bonds. The first-order valence-electron chi connectivity index (χ1n) is 10.9. The number of hydrogen-bond donors (Lipinski definition) is 2. The molecule has 39 heavy (non-hydrogen) atoms. The fraction of sp³-hybridized carbons (Fsp3) is 0.125. The molecule has 4 aromatic heterocycles. The van der Waals surface area contributed by atoms with E-state index in [1.807, 2.05) is 0 Å². The SMILES string of the molecule is Cc1cc(C(F)(F)F)nc2sc(C(N)=O)c(NC(=O)c3cnn4c(C(F)F)cc(-c5ccc(F)cc5)nc34)c12. The second kappa shape index (κ2) is 9.34. The van der Waals surface area contributed by atoms with Crippen LogP contribution in [0.2, 0.25) is 0 Å². The Morgan fingerprint density at radius 1 is 1.10 bits per heavy atom. The van der Waals surface area contributed by atoms with Crippen LogP contribution in [0.3, 0.4) is 0 Å². The first-order chi connectivity index (χ1) is 18.3. The van der Waals surface area contributed by atoms with E-state index in [-0.39, 0.29) is 48.8 Å². The van der Waals surface area contributed by atoms with Gasteiger partial charge < -0.3 is 11.1 Å². The molecule has 5 rings (SSSR count). The molecule has 5 aromatic rings. The highest BCUT2D eigenvalue weighted by atomic mass is 32.1. The van der Waals surface area contributed by atoms with Gasteiger partial charge in [0.05, 0.1) is 17.6 Å². The Bertz CT molecular complexity index is 1780. The van der Waals surface area contributed by atoms with E-state index in [9.17, 15) is 35.9 Å². The Morgan fingerprint density at radius 2 is 1.79 bits per heavy atom. The number of nitrogens with zero attached hydrogens (tertiary/aromatic N) is 4. The van der Waals surface area contributed by atoms with Crippen molar-refractivity contribution in [2.24, 2.45) is 5.73 Å². The van der Waals surface area contributed by atoms with Gasteiger partial charge in [-0.25, -0.2) is 27.7 Å². The average molecular weight is 564 g/mol. The van der Waals surface area contributed by atoms with Gasteiger partial charge in [-0.15, -0.1) is 11.3 Å². The first-order valence-corrected chi connectivity index (χ1v) is 11.7. The van der Waals surface area contributed by atoms with Crippen LogP contribution < -0.4 is 11.1 Å². The number of alkyl halides is 5. The molecule has 0 aliphatic carbocycles. The van der Waals surface area contributed by atoms with Crippen molar-refractivity contribution in [2.75, 3.05) is 5.32 Å². The normalized spacial score (nSPS) is 12.0. The summed E-state index contributed by atoms with van der Waals surface area (Å²) >= 11 is 0.560. The smallest absolute Gasteiger partial charge is 0.365 e. The molecule has 0 radical (unpaired) electrons. The van der Waals surface area contributed by atoms with Crippen molar-refractivity contribution in [1.29, 1.82) is 0 Å². The van der Waals surface area contributed by atoms with Crippen molar-refractivity contribution >= 4 is 44.7 Å². The van der Waals surface area contributed by atoms with Gasteiger partial charge >= 0.3 is 6.18 Å². The maximum Gasteiger partial charge on any atom is 0.433 e. The second-order valence-corrected chi connectivity index (χ2v) is 9.29. The van der Waals surface area contributed by atoms with Crippen LogP contribution in [0, 0.1) is 12.7 Å². The lowest BCUT2D eigenvalue weighted by Crippen LogP contribution is -2.17. The van der Waals surface area contributed by atoms with Gasteiger partial charge in [-0.05, 0) is 48.9 Å². The zero-order valence-electron chi connectivity index (χ0n) is 19.5. The number of carbonyl (C=O) groups excluding carboxylic acids is 2. The van der Waals surface area contributed by atoms with Crippen molar-refractivity contribution in [1.82, 2.24) is 19.6 Å². The van der Waals surface area contributed by atoms with Gasteiger partial charge in [0.25, 0.3) is 18.2 Å². The molecule has 0 fully saturated rings. The van der Waals surface area contributed by atoms with Crippen molar-refractivity contribution in [3.63, 3.8) is 0 Å². The molecule has 0 saturated heterocycles. The minimum Gasteiger partial charge on any atom is -0.365 e. The number of anilines is 1. The number of hydrogen-bond acceptors (Lipinski definition) is 6. The summed E-state index contributed by atoms with van der Waals surface area (Å²) in [5, 5.41) is 6.34. The lowest BCUT2D eigenvalue weighted by molar-refractivity contribution is -0.141. The number of carbonyl (C=O) groups is 2. The third-order valence-electron chi connectivity index (χ3n) is 5.72. The summed E-state index contributed by atoms with van der Waals surface area (Å²) < 4.78 is 81.6. The van der Waals surface area contributed by atoms with Crippen molar-refractivity contribution in [3.8, 4) is 11.3 Å². The van der Waals surface area contributed by atoms with Crippen LogP contribution in [-0.2, 0) is 6.18 Å². The monoisotopic (exact) mass is 564 g/mol. The van der Waals surface area contributed by atoms with E-state index >= 15 is 0 Å². The van der Waals surface area contributed by atoms with Crippen LogP contribution in [0.25, 0.3) is 27.1 Å². The van der Waals surface area contributed by atoms with E-state index in [4.69, 9.17) is 5.73 Å². The Kier molecular flexibility index (Phi) is 6.25. The number of fused-ring (bicyclic) bond motifs is 2. The van der Waals surface area contributed by atoms with E-state index in [0.717, 1.165) is 35.0 Å². The van der Waals surface area contributed by atoms with E-state index in [0.29, 0.717) is 11.3 Å². The molecule has 0 spiro atoms. The Hall–Kier alpha value is -4.53. The third-order valence-corrected chi connectivity index (χ3v) is 6.82. The topological polar surface area (TPSA) is 115 Å². The van der Waals surface area contributed by atoms with E-state index < -0.39 is 41.6 Å². The summed E-state index contributed by atoms with van der Waals surface area (Å²) in [6.07, 6.45) is -6.81. The van der Waals surface area contributed by atoms with Gasteiger partial charge in [-0.2, -0.15) is 18.3 Å². The van der Waals surface area contributed by atoms with E-state index in [2.05, 4.69) is 20.4 Å². The van der Waals surface area contributed by atoms with Crippen LogP contribution in [0.15, 0.2) is 42.6 Å². The number of amides is 2. The van der Waals surface area contributed by atoms with Gasteiger partial charge in [0.2, 0.25) is 0 Å². The minimum absolute atomic E-state index is 0.00545. The van der Waals surface area contributed by atoms with Gasteiger partial charge in [0.1, 0.15) is 32.5 Å². The number of halogens is 6. The van der Waals surface area contributed by atoms with Gasteiger partial charge in [0, 0.05) is 10.9 Å². The van der Waals surface area contributed by atoms with Crippen LogP contribution in [0.4, 0.5) is 32.0 Å². The molecular weight excluding hydrogens is 550 g/mol. The number of aryl methyl sites for hydroxylation is 1. The van der Waals surface area contributed by atoms with Gasteiger partial charge in [-0.1, -0.05) is 0 Å². The summed E-state index contributed by atoms with van der Waals surface area (Å²) in [5.74, 6) is -2.54. The molecule has 0 bridgehead atoms. The summed E-state index contributed by atoms with van der Waals surface area (Å²) in [6.45, 7) is 1.34. The highest BCUT2D eigenvalue weighted by molar-refractivity contribution is 7.21. The zero-order valence-corrected chi connectivity index (χ0v) is 20.3. The van der Waals surface area contributed by atoms with Crippen molar-refractivity contribution in [2.45, 2.75) is 19.5 Å². The lowest BCUT2D eigenvalue weighted by atomic mass is 10.1. The molecule has 15 heteroatoms. The van der Waals surface area contributed by atoms with Crippen LogP contribution >= 0.6 is 11.3 Å². The number of primary amides is 1. The van der Waals surface area contributed by atoms with E-state index in [1.54, 1.807) is 0 Å². The third kappa shape index (κ3) is 4.65. The van der Waals surface area contributed by atoms with Crippen LogP contribution in [0.1, 0.15) is 43.4 Å². The van der Waals surface area contributed by atoms with Gasteiger partial charge in [0.15, 0.2) is 5.65 Å². The summed E-state index contributed by atoms with van der Waals surface area (Å²) in [6, 6.07) is 6.67. The Balaban J connectivity index is 1.64. The number of nitrogens with one attached hydrogen (secondary N) is 1. The first kappa shape index (κ1) is 26.1. The molecular formula is C24H14F6N6O2S. The summed E-state index contributed by atoms with van der Waals surface area (Å²) in [7, 11) is 0. The largest absolute Gasteiger partial charge is 0.433 e. The van der Waals surface area contributed by atoms with Crippen LogP contribution in [0.5, 0.6) is 0 Å². The molecule has 3 N–H and O–H groups in total. The number of aromatic nitrogens is 4. The maximum atomic E-state index is 13.9. The fourth-order valence-corrected chi connectivity index (χ4v) is 5.03. The molecule has 200 valence electrons. The number of pyridine rings is 1. The highest BCUT2D eigenvalue weighted by Crippen LogP contribution is 2.40. The quantitative estimate of drug-likeness (QED) is 0.264. The summed E-state index contributed by atoms with van der Waals surface area (Å²) in [4.78, 5) is 32.8. The molecule has 1 aromatic carbocycles. The highest BCUT2D eigenvalue weighted by Gasteiger charge is 2.34. The molecule has 0 aliphatic rings. The lowest BCUT2D eigenvalue weighted by Gasteiger charge is -2.10. The average Bonchev–Trinajstić information content (AvgIpc) is 3.45. The Labute approximate surface area is 218 Å². The predicted molar refractivity (Wildman–Crippen MR) is 129 cm³/mol. The predicted octanol–water partition coefficient (Wildman–Crippen LogP) is 5.76. The van der Waals surface area contributed by atoms with Gasteiger partial charge in [-0.3, -0.25) is 9.59 Å². The number of benzene rings is 1. The minimum atomic E-state index is -4.76. The number of nitrogens with two attached hydrogens (primary N) is 1. The molecule has 8 nitrogen and oxygen atoms in total. The van der Waals surface area contributed by atoms with Crippen LogP contribution in [-0.4, -0.2) is 31.4 Å². The molecule has 0 aliphatic heterocycles. The fourth-order valence-electron chi connectivity index (χ4n) is 3.97. The van der Waals surface area contributed by atoms with Crippen molar-refractivity contribution in [3.05, 3.63) is 75.8 Å². The zero-order chi connectivity index (χ0) is 28.2. The second-order valence-electron chi connectivity index (χ2n) is 8.29. The standard InChI is InChI=1S/C24H14F6N6O2S/c1-9-6-15(24(28,29)30)34-23-16(9)17(18(39-23)20(31)37)35-22(38)12-8-32-36-14(19(26)27)7-13(33-21(12)36)10-2-4-11(25)5-3-10/h2-8,19H,1H3,(H2,31,37)(H,35,38). The molecule has 4 heterocycles. The summed E-state index contributed by atoms with van der Waals surface area (Å²) in [5.41, 5.74) is 3.23. The molecule has 0 atom stereocenters.